The number of carbonyl (C=O) groups is 1. The Bertz CT molecular complexity index is 1230. The van der Waals surface area contributed by atoms with E-state index in [0.717, 1.165) is 27.8 Å². The van der Waals surface area contributed by atoms with Gasteiger partial charge in [0.2, 0.25) is 17.7 Å². The summed E-state index contributed by atoms with van der Waals surface area (Å²) in [6.45, 7) is 5.43. The molecule has 1 N–H and O–H groups in total. The minimum Gasteiger partial charge on any atom is -0.439 e. The van der Waals surface area contributed by atoms with Gasteiger partial charge >= 0.3 is 0 Å². The molecule has 0 aliphatic rings. The Hall–Kier alpha value is -3.93. The molecule has 0 radical (unpaired) electrons. The highest BCUT2D eigenvalue weighted by molar-refractivity contribution is 5.80. The van der Waals surface area contributed by atoms with Crippen molar-refractivity contribution in [2.24, 2.45) is 0 Å². The van der Waals surface area contributed by atoms with Crippen molar-refractivity contribution in [3.63, 3.8) is 0 Å². The molecule has 6 heteroatoms. The Morgan fingerprint density at radius 3 is 2.58 bits per heavy atom. The smallest absolute Gasteiger partial charge is 0.219 e. The molecule has 1 atom stereocenters. The van der Waals surface area contributed by atoms with Crippen LogP contribution < -0.4 is 14.8 Å². The second-order valence-electron chi connectivity index (χ2n) is 7.32. The lowest BCUT2D eigenvalue weighted by Crippen LogP contribution is -2.23. The molecule has 6 nitrogen and oxygen atoms in total. The second kappa shape index (κ2) is 8.83. The zero-order chi connectivity index (χ0) is 21.8. The van der Waals surface area contributed by atoms with Crippen LogP contribution in [0.4, 0.5) is 0 Å². The van der Waals surface area contributed by atoms with Gasteiger partial charge < -0.3 is 14.8 Å². The molecule has 0 aliphatic carbocycles. The first-order valence-corrected chi connectivity index (χ1v) is 10.0. The third-order valence-electron chi connectivity index (χ3n) is 4.83. The monoisotopic (exact) mass is 413 g/mol. The quantitative estimate of drug-likeness (QED) is 0.438. The van der Waals surface area contributed by atoms with Crippen LogP contribution in [0.5, 0.6) is 23.3 Å². The van der Waals surface area contributed by atoms with E-state index in [-0.39, 0.29) is 11.9 Å². The van der Waals surface area contributed by atoms with Crippen LogP contribution in [0.3, 0.4) is 0 Å². The molecule has 2 aromatic heterocycles. The fraction of sp³-hybridized carbons (Fsp3) is 0.160. The first-order valence-electron chi connectivity index (χ1n) is 10.0. The first kappa shape index (κ1) is 20.3. The van der Waals surface area contributed by atoms with Crippen molar-refractivity contribution in [3.05, 3.63) is 84.1 Å². The second-order valence-corrected chi connectivity index (χ2v) is 7.32. The van der Waals surface area contributed by atoms with Gasteiger partial charge in [-0.2, -0.15) is 0 Å². The van der Waals surface area contributed by atoms with Crippen LogP contribution in [0.2, 0.25) is 0 Å². The molecule has 1 amide bonds. The summed E-state index contributed by atoms with van der Waals surface area (Å²) < 4.78 is 11.8. The summed E-state index contributed by atoms with van der Waals surface area (Å²) in [6.07, 6.45) is 1.69. The lowest BCUT2D eigenvalue weighted by molar-refractivity contribution is -0.119. The Morgan fingerprint density at radius 1 is 0.968 bits per heavy atom. The lowest BCUT2D eigenvalue weighted by atomic mass is 10.1. The number of aromatic nitrogens is 2. The summed E-state index contributed by atoms with van der Waals surface area (Å²) in [5.74, 6) is 2.39. The van der Waals surface area contributed by atoms with Gasteiger partial charge in [-0.1, -0.05) is 12.1 Å². The summed E-state index contributed by atoms with van der Waals surface area (Å²) >= 11 is 0. The average Bonchev–Trinajstić information content (AvgIpc) is 2.75. The highest BCUT2D eigenvalue weighted by atomic mass is 16.5. The molecular weight excluding hydrogens is 390 g/mol. The van der Waals surface area contributed by atoms with E-state index in [1.54, 1.807) is 6.20 Å². The van der Waals surface area contributed by atoms with Gasteiger partial charge in [0.05, 0.1) is 11.6 Å². The Labute approximate surface area is 180 Å². The molecule has 0 spiro atoms. The summed E-state index contributed by atoms with van der Waals surface area (Å²) in [5.41, 5.74) is 2.78. The lowest BCUT2D eigenvalue weighted by Gasteiger charge is -2.14. The largest absolute Gasteiger partial charge is 0.439 e. The van der Waals surface area contributed by atoms with E-state index >= 15 is 0 Å². The van der Waals surface area contributed by atoms with Gasteiger partial charge in [0.15, 0.2) is 0 Å². The normalized spacial score (nSPS) is 11.7. The molecule has 0 aliphatic heterocycles. The van der Waals surface area contributed by atoms with E-state index in [0.29, 0.717) is 17.5 Å². The van der Waals surface area contributed by atoms with Crippen molar-refractivity contribution >= 4 is 16.8 Å². The van der Waals surface area contributed by atoms with Gasteiger partial charge in [-0.05, 0) is 67.4 Å². The third kappa shape index (κ3) is 4.98. The molecule has 0 saturated carbocycles. The molecule has 31 heavy (non-hydrogen) atoms. The standard InChI is InChI=1S/C25H23N3O3/c1-16-14-21(9-11-23(16)31-24-6-4-5-13-26-24)30-25-12-8-20-15-19(7-10-22(20)28-25)17(2)27-18(3)29/h4-15,17H,1-3H3,(H,27,29). The van der Waals surface area contributed by atoms with Gasteiger partial charge in [-0.15, -0.1) is 0 Å². The minimum atomic E-state index is -0.0624. The van der Waals surface area contributed by atoms with E-state index in [1.165, 1.54) is 6.92 Å². The number of benzene rings is 2. The Morgan fingerprint density at radius 2 is 1.84 bits per heavy atom. The van der Waals surface area contributed by atoms with Crippen LogP contribution in [-0.2, 0) is 4.79 Å². The zero-order valence-corrected chi connectivity index (χ0v) is 17.6. The highest BCUT2D eigenvalue weighted by Gasteiger charge is 2.09. The van der Waals surface area contributed by atoms with Gasteiger partial charge in [-0.3, -0.25) is 4.79 Å². The van der Waals surface area contributed by atoms with Crippen molar-refractivity contribution < 1.29 is 14.3 Å². The number of nitrogens with one attached hydrogen (secondary N) is 1. The third-order valence-corrected chi connectivity index (χ3v) is 4.83. The summed E-state index contributed by atoms with van der Waals surface area (Å²) in [7, 11) is 0. The number of fused-ring (bicyclic) bond motifs is 1. The fourth-order valence-corrected chi connectivity index (χ4v) is 3.28. The molecule has 4 rings (SSSR count). The summed E-state index contributed by atoms with van der Waals surface area (Å²) in [6, 6.07) is 20.8. The molecule has 4 aromatic rings. The van der Waals surface area contributed by atoms with Crippen LogP contribution in [0.25, 0.3) is 10.9 Å². The zero-order valence-electron chi connectivity index (χ0n) is 17.6. The van der Waals surface area contributed by atoms with Crippen LogP contribution >= 0.6 is 0 Å². The Kier molecular flexibility index (Phi) is 5.80. The number of nitrogens with zero attached hydrogens (tertiary/aromatic N) is 2. The fourth-order valence-electron chi connectivity index (χ4n) is 3.28. The molecule has 0 bridgehead atoms. The van der Waals surface area contributed by atoms with Crippen molar-refractivity contribution in [2.75, 3.05) is 0 Å². The maximum atomic E-state index is 11.3. The number of hydrogen-bond acceptors (Lipinski definition) is 5. The van der Waals surface area contributed by atoms with Crippen LogP contribution in [0, 0.1) is 6.92 Å². The number of ether oxygens (including phenoxy) is 2. The van der Waals surface area contributed by atoms with Gasteiger partial charge in [-0.25, -0.2) is 9.97 Å². The SMILES string of the molecule is CC(=O)NC(C)c1ccc2nc(Oc3ccc(Oc4ccccn4)c(C)c3)ccc2c1. The topological polar surface area (TPSA) is 73.3 Å². The van der Waals surface area contributed by atoms with E-state index in [9.17, 15) is 4.79 Å². The van der Waals surface area contributed by atoms with Gasteiger partial charge in [0, 0.05) is 30.6 Å². The van der Waals surface area contributed by atoms with Crippen molar-refractivity contribution in [1.29, 1.82) is 0 Å². The molecule has 2 heterocycles. The minimum absolute atomic E-state index is 0.0544. The molecule has 2 aromatic carbocycles. The number of pyridine rings is 2. The van der Waals surface area contributed by atoms with Crippen molar-refractivity contribution in [3.8, 4) is 23.3 Å². The van der Waals surface area contributed by atoms with Crippen LogP contribution in [0.15, 0.2) is 72.9 Å². The van der Waals surface area contributed by atoms with E-state index in [1.807, 2.05) is 80.6 Å². The maximum Gasteiger partial charge on any atom is 0.219 e. The molecule has 0 fully saturated rings. The van der Waals surface area contributed by atoms with Crippen LogP contribution in [-0.4, -0.2) is 15.9 Å². The van der Waals surface area contributed by atoms with Gasteiger partial charge in [0.25, 0.3) is 0 Å². The van der Waals surface area contributed by atoms with E-state index < -0.39 is 0 Å². The highest BCUT2D eigenvalue weighted by Crippen LogP contribution is 2.30. The van der Waals surface area contributed by atoms with Crippen molar-refractivity contribution in [2.45, 2.75) is 26.8 Å². The number of hydrogen-bond donors (Lipinski definition) is 1. The molecule has 0 saturated heterocycles. The predicted molar refractivity (Wildman–Crippen MR) is 120 cm³/mol. The number of rotatable bonds is 6. The van der Waals surface area contributed by atoms with E-state index in [2.05, 4.69) is 15.3 Å². The Balaban J connectivity index is 1.50. The molecular formula is C25H23N3O3. The first-order chi connectivity index (χ1) is 15.0. The summed E-state index contributed by atoms with van der Waals surface area (Å²) in [5, 5.41) is 3.88. The predicted octanol–water partition coefficient (Wildman–Crippen LogP) is 5.72. The number of amides is 1. The molecule has 1 unspecified atom stereocenters. The average molecular weight is 413 g/mol. The molecule has 156 valence electrons. The number of carbonyl (C=O) groups excluding carboxylic acids is 1. The number of aryl methyl sites for hydroxylation is 1. The maximum absolute atomic E-state index is 11.3. The van der Waals surface area contributed by atoms with Gasteiger partial charge in [0.1, 0.15) is 11.5 Å². The van der Waals surface area contributed by atoms with Crippen molar-refractivity contribution in [1.82, 2.24) is 15.3 Å². The summed E-state index contributed by atoms with van der Waals surface area (Å²) in [4.78, 5) is 20.1. The van der Waals surface area contributed by atoms with E-state index in [4.69, 9.17) is 9.47 Å². The van der Waals surface area contributed by atoms with Crippen LogP contribution in [0.1, 0.15) is 31.0 Å².